The summed E-state index contributed by atoms with van der Waals surface area (Å²) in [5, 5.41) is -1.85. The second-order valence-electron chi connectivity index (χ2n) is 16.2. The van der Waals surface area contributed by atoms with Crippen LogP contribution in [0, 0.1) is 5.41 Å². The van der Waals surface area contributed by atoms with Crippen LogP contribution in [0.5, 0.6) is 0 Å². The predicted molar refractivity (Wildman–Crippen MR) is 183 cm³/mol. The quantitative estimate of drug-likeness (QED) is 0.174. The first-order valence-corrected chi connectivity index (χ1v) is 30.7. The molecule has 0 radical (unpaired) electrons. The molecule has 7 nitrogen and oxygen atoms in total. The van der Waals surface area contributed by atoms with Crippen molar-refractivity contribution in [1.29, 1.82) is 0 Å². The van der Waals surface area contributed by atoms with E-state index in [0.29, 0.717) is 6.04 Å². The normalized spacial score (nSPS) is 29.9. The molecule has 0 aromatic heterocycles. The Balaban J connectivity index is 4.56. The van der Waals surface area contributed by atoms with E-state index >= 15 is 0 Å². The topological polar surface area (TPSA) is 112 Å². The predicted octanol–water partition coefficient (Wildman–Crippen LogP) is 7.92. The van der Waals surface area contributed by atoms with Gasteiger partial charge in [0, 0.05) is 42.5 Å². The van der Waals surface area contributed by atoms with Gasteiger partial charge < -0.3 is 4.43 Å². The molecule has 0 N–H and O–H groups in total. The number of hydrogen-bond acceptors (Lipinski definition) is 7. The Morgan fingerprint density at radius 1 is 0.585 bits per heavy atom. The van der Waals surface area contributed by atoms with E-state index < -0.39 is 85.0 Å². The first kappa shape index (κ1) is 40.4. The minimum Gasteiger partial charge on any atom is -0.414 e. The Bertz CT molecular complexity index is 1330. The summed E-state index contributed by atoms with van der Waals surface area (Å²) in [6.07, 6.45) is 0. The molecule has 16 heteroatoms. The molecule has 3 unspecified atom stereocenters. The van der Waals surface area contributed by atoms with Crippen LogP contribution in [0.1, 0.15) is 90.0 Å². The third-order valence-corrected chi connectivity index (χ3v) is 66.0. The fourth-order valence-electron chi connectivity index (χ4n) is 7.09. The molecule has 1 aliphatic heterocycles. The highest BCUT2D eigenvalue weighted by molar-refractivity contribution is 8.15. The Morgan fingerprint density at radius 3 is 1.17 bits per heavy atom. The highest BCUT2D eigenvalue weighted by Gasteiger charge is 2.79. The molecule has 0 aromatic carbocycles. The number of hydrogen-bond donors (Lipinski definition) is 0. The van der Waals surface area contributed by atoms with Crippen LogP contribution in [0.15, 0.2) is 0 Å². The zero-order valence-electron chi connectivity index (χ0n) is 27.9. The molecule has 246 valence electrons. The van der Waals surface area contributed by atoms with Gasteiger partial charge in [-0.1, -0.05) is 61.2 Å². The van der Waals surface area contributed by atoms with E-state index in [-0.39, 0.29) is 0 Å². The molecule has 0 aliphatic carbocycles. The van der Waals surface area contributed by atoms with Gasteiger partial charge in [0.15, 0.2) is 7.83 Å². The van der Waals surface area contributed by atoms with Crippen LogP contribution in [-0.2, 0) is 31.6 Å². The zero-order valence-corrected chi connectivity index (χ0v) is 35.6. The summed E-state index contributed by atoms with van der Waals surface area (Å²) >= 11 is 0. The van der Waals surface area contributed by atoms with E-state index in [1.54, 1.807) is 41.5 Å². The second-order valence-corrected chi connectivity index (χ2v) is 51.8. The Hall–Kier alpha value is 1.33. The van der Waals surface area contributed by atoms with Crippen molar-refractivity contribution >= 4 is 81.7 Å². The van der Waals surface area contributed by atoms with E-state index in [1.807, 2.05) is 48.5 Å². The highest BCUT2D eigenvalue weighted by Crippen LogP contribution is 2.69. The summed E-state index contributed by atoms with van der Waals surface area (Å²) in [6.45, 7) is 31.6. The van der Waals surface area contributed by atoms with Gasteiger partial charge >= 0.3 is 0 Å². The number of halogens is 3. The average Bonchev–Trinajstić information content (AvgIpc) is 2.68. The van der Waals surface area contributed by atoms with Crippen LogP contribution < -0.4 is 0 Å². The van der Waals surface area contributed by atoms with Crippen LogP contribution >= 0.6 is 32.0 Å². The smallest absolute Gasteiger partial charge is 0.238 e. The summed E-state index contributed by atoms with van der Waals surface area (Å²) in [7, 11) is -3.02. The van der Waals surface area contributed by atoms with Gasteiger partial charge in [0.25, 0.3) is 0 Å². The van der Waals surface area contributed by atoms with Gasteiger partial charge in [-0.15, -0.1) is 0 Å². The van der Waals surface area contributed by atoms with Crippen LogP contribution in [-0.4, -0.2) is 67.6 Å². The van der Waals surface area contributed by atoms with E-state index in [2.05, 4.69) is 26.2 Å². The van der Waals surface area contributed by atoms with Crippen molar-refractivity contribution in [3.63, 3.8) is 0 Å². The van der Waals surface area contributed by atoms with Crippen molar-refractivity contribution in [2.75, 3.05) is 0 Å². The van der Waals surface area contributed by atoms with Gasteiger partial charge in [-0.05, 0) is 66.1 Å². The zero-order chi connectivity index (χ0) is 33.9. The number of rotatable bonds is 9. The summed E-state index contributed by atoms with van der Waals surface area (Å²) in [4.78, 5) is 0. The Morgan fingerprint density at radius 2 is 0.878 bits per heavy atom. The van der Waals surface area contributed by atoms with Crippen molar-refractivity contribution in [1.82, 2.24) is 0 Å². The molecule has 0 bridgehead atoms. The van der Waals surface area contributed by atoms with E-state index in [1.165, 1.54) is 0 Å². The second kappa shape index (κ2) is 10.2. The molecular weight excluding hydrogens is 699 g/mol. The fraction of sp³-hybridized carbons (Fsp3) is 1.00. The molecule has 0 spiro atoms. The van der Waals surface area contributed by atoms with Crippen LogP contribution in [0.25, 0.3) is 0 Å². The van der Waals surface area contributed by atoms with Crippen molar-refractivity contribution < 1.29 is 29.7 Å². The van der Waals surface area contributed by atoms with E-state index in [4.69, 9.17) is 36.5 Å². The van der Waals surface area contributed by atoms with Crippen molar-refractivity contribution in [3.05, 3.63) is 0 Å². The lowest BCUT2D eigenvalue weighted by atomic mass is 9.68. The minimum atomic E-state index is -4.12. The molecule has 1 saturated heterocycles. The monoisotopic (exact) mass is 750 g/mol. The first-order valence-electron chi connectivity index (χ1n) is 13.7. The molecule has 0 saturated carbocycles. The minimum absolute atomic E-state index is 0.428. The molecule has 3 atom stereocenters. The van der Waals surface area contributed by atoms with Gasteiger partial charge in [-0.3, -0.25) is 0 Å². The third kappa shape index (κ3) is 5.07. The van der Waals surface area contributed by atoms with Gasteiger partial charge in [-0.25, -0.2) is 25.3 Å². The lowest BCUT2D eigenvalue weighted by Gasteiger charge is -2.73. The lowest BCUT2D eigenvalue weighted by molar-refractivity contribution is -0.0427. The molecule has 1 fully saturated rings. The van der Waals surface area contributed by atoms with Gasteiger partial charge in [-0.2, -0.15) is 0 Å². The van der Waals surface area contributed by atoms with Gasteiger partial charge in [0.05, 0.1) is 34.5 Å². The van der Waals surface area contributed by atoms with Crippen molar-refractivity contribution in [2.45, 2.75) is 152 Å². The third-order valence-electron chi connectivity index (χ3n) is 13.9. The SMILES string of the molecule is CC1(C(C)(C)C(C)(C)S(=O)(=O)Cl)C[Si](C)(C(C)(C)C(C)(C)S(=O)(=O)Cl)[Si](C)(C)[Si](C)(C(C)(C)C(C)(C)S(=O)(=O)Cl)O1. The van der Waals surface area contributed by atoms with Crippen molar-refractivity contribution in [3.8, 4) is 0 Å². The van der Waals surface area contributed by atoms with Gasteiger partial charge in [0.2, 0.25) is 27.2 Å². The lowest BCUT2D eigenvalue weighted by Crippen LogP contribution is -2.89. The summed E-state index contributed by atoms with van der Waals surface area (Å²) in [5.41, 5.74) is -2.25. The molecule has 1 rings (SSSR count). The molecule has 1 heterocycles. The van der Waals surface area contributed by atoms with E-state index in [0.717, 1.165) is 0 Å². The molecule has 41 heavy (non-hydrogen) atoms. The summed E-state index contributed by atoms with van der Waals surface area (Å²) in [5.74, 6) is 0. The fourth-order valence-corrected chi connectivity index (χ4v) is 59.7. The largest absolute Gasteiger partial charge is 0.414 e. The molecule has 1 aliphatic rings. The summed E-state index contributed by atoms with van der Waals surface area (Å²) in [6, 6.07) is 0.428. The van der Waals surface area contributed by atoms with Crippen LogP contribution in [0.4, 0.5) is 0 Å². The Kier molecular flexibility index (Phi) is 10.0. The average molecular weight is 753 g/mol. The van der Waals surface area contributed by atoms with Crippen molar-refractivity contribution in [2.24, 2.45) is 5.41 Å². The molecular formula is C25H53Cl3O7S3Si3. The van der Waals surface area contributed by atoms with Gasteiger partial charge in [0.1, 0.15) is 0 Å². The van der Waals surface area contributed by atoms with Crippen LogP contribution in [0.2, 0.25) is 42.3 Å². The maximum atomic E-state index is 13.2. The highest BCUT2D eigenvalue weighted by atomic mass is 35.7. The Labute approximate surface area is 267 Å². The first-order chi connectivity index (χ1) is 17.2. The maximum Gasteiger partial charge on any atom is 0.238 e. The van der Waals surface area contributed by atoms with E-state index in [9.17, 15) is 25.3 Å². The van der Waals surface area contributed by atoms with Crippen LogP contribution in [0.3, 0.4) is 0 Å². The standard InChI is InChI=1S/C25H53Cl3O7S3Si3/c1-19(2,20(3,4)36(26,29)30)25(13)18-40(16,23(9,10)21(5,6)37(27,31)32)39(14,15)41(17,35-25)24(11,12)22(7,8)38(28,33)34/h18H2,1-17H3. The maximum absolute atomic E-state index is 13.2. The molecule has 0 aromatic rings. The molecule has 0 amide bonds. The summed E-state index contributed by atoms with van der Waals surface area (Å²) < 4.78 is 82.0.